The molecule has 2 rings (SSSR count). The number of halogens is 3. The maximum atomic E-state index is 12.6. The van der Waals surface area contributed by atoms with Crippen molar-refractivity contribution in [2.45, 2.75) is 44.9 Å². The van der Waals surface area contributed by atoms with E-state index < -0.39 is 11.9 Å². The number of aromatic nitrogens is 2. The summed E-state index contributed by atoms with van der Waals surface area (Å²) in [6.07, 6.45) is -1.04. The van der Waals surface area contributed by atoms with E-state index in [1.807, 2.05) is 0 Å². The van der Waals surface area contributed by atoms with Crippen LogP contribution in [0.1, 0.15) is 38.4 Å². The molecule has 0 aliphatic carbocycles. The summed E-state index contributed by atoms with van der Waals surface area (Å²) in [7, 11) is 0. The first-order valence-electron chi connectivity index (χ1n) is 7.44. The predicted octanol–water partition coefficient (Wildman–Crippen LogP) is 2.54. The molecule has 0 aromatic carbocycles. The first-order chi connectivity index (χ1) is 9.86. The second-order valence-electron chi connectivity index (χ2n) is 5.88. The van der Waals surface area contributed by atoms with Crippen molar-refractivity contribution in [3.63, 3.8) is 0 Å². The van der Waals surface area contributed by atoms with Crippen LogP contribution in [0.4, 0.5) is 13.2 Å². The molecule has 1 aromatic rings. The third kappa shape index (κ3) is 4.71. The van der Waals surface area contributed by atoms with Gasteiger partial charge in [0.05, 0.1) is 6.04 Å². The van der Waals surface area contributed by atoms with Crippen molar-refractivity contribution in [2.24, 2.45) is 0 Å². The number of nitrogens with zero attached hydrogens (tertiary/aromatic N) is 3. The Labute approximate surface area is 123 Å². The molecule has 1 fully saturated rings. The van der Waals surface area contributed by atoms with E-state index in [4.69, 9.17) is 0 Å². The fraction of sp³-hybridized carbons (Fsp3) is 0.786. The number of nitrogens with one attached hydrogen (secondary N) is 1. The Kier molecular flexibility index (Phi) is 5.27. The van der Waals surface area contributed by atoms with E-state index in [2.05, 4.69) is 29.2 Å². The second kappa shape index (κ2) is 6.79. The predicted molar refractivity (Wildman–Crippen MR) is 75.1 cm³/mol. The molecule has 1 N–H and O–H groups in total. The summed E-state index contributed by atoms with van der Waals surface area (Å²) in [5, 5.41) is 7.06. The highest BCUT2D eigenvalue weighted by molar-refractivity contribution is 5.04. The van der Waals surface area contributed by atoms with Crippen molar-refractivity contribution < 1.29 is 13.2 Å². The van der Waals surface area contributed by atoms with Gasteiger partial charge in [-0.3, -0.25) is 9.58 Å². The van der Waals surface area contributed by atoms with Crippen molar-refractivity contribution >= 4 is 0 Å². The number of hydrogen-bond donors (Lipinski definition) is 1. The summed E-state index contributed by atoms with van der Waals surface area (Å²) in [6.45, 7) is 7.78. The molecule has 4 nitrogen and oxygen atoms in total. The zero-order valence-corrected chi connectivity index (χ0v) is 12.5. The minimum atomic E-state index is -4.36. The molecule has 120 valence electrons. The van der Waals surface area contributed by atoms with E-state index in [1.165, 1.54) is 10.9 Å². The standard InChI is InChI=1S/C14H23F3N4/c1-11(2)18-6-9-20-7-3-4-12(10-20)21-8-5-13(19-21)14(15,16)17/h5,8,11-12,18H,3-4,6-7,9-10H2,1-2H3. The Bertz CT molecular complexity index is 442. The third-order valence-electron chi connectivity index (χ3n) is 3.73. The maximum absolute atomic E-state index is 12.6. The number of likely N-dealkylation sites (tertiary alicyclic amines) is 1. The zero-order chi connectivity index (χ0) is 15.5. The van der Waals surface area contributed by atoms with Gasteiger partial charge in [-0.25, -0.2) is 0 Å². The summed E-state index contributed by atoms with van der Waals surface area (Å²) in [4.78, 5) is 2.29. The summed E-state index contributed by atoms with van der Waals surface area (Å²) >= 11 is 0. The van der Waals surface area contributed by atoms with Gasteiger partial charge in [-0.15, -0.1) is 0 Å². The van der Waals surface area contributed by atoms with Crippen LogP contribution in [0.15, 0.2) is 12.3 Å². The van der Waals surface area contributed by atoms with Crippen LogP contribution in [0.2, 0.25) is 0 Å². The molecular weight excluding hydrogens is 281 g/mol. The van der Waals surface area contributed by atoms with Gasteiger partial charge in [0.25, 0.3) is 0 Å². The smallest absolute Gasteiger partial charge is 0.313 e. The Morgan fingerprint density at radius 3 is 2.81 bits per heavy atom. The Hall–Kier alpha value is -1.08. The molecule has 1 aliphatic heterocycles. The topological polar surface area (TPSA) is 33.1 Å². The van der Waals surface area contributed by atoms with Crippen molar-refractivity contribution in [1.29, 1.82) is 0 Å². The first-order valence-corrected chi connectivity index (χ1v) is 7.44. The maximum Gasteiger partial charge on any atom is 0.435 e. The van der Waals surface area contributed by atoms with E-state index >= 15 is 0 Å². The molecule has 1 aliphatic rings. The molecule has 1 atom stereocenters. The van der Waals surface area contributed by atoms with Gasteiger partial charge in [0.1, 0.15) is 0 Å². The van der Waals surface area contributed by atoms with Crippen LogP contribution in [-0.2, 0) is 6.18 Å². The average Bonchev–Trinajstić information content (AvgIpc) is 2.88. The van der Waals surface area contributed by atoms with Gasteiger partial charge in [-0.1, -0.05) is 13.8 Å². The van der Waals surface area contributed by atoms with Crippen LogP contribution >= 0.6 is 0 Å². The van der Waals surface area contributed by atoms with Crippen LogP contribution in [0, 0.1) is 0 Å². The van der Waals surface area contributed by atoms with Crippen LogP contribution in [-0.4, -0.2) is 46.9 Å². The van der Waals surface area contributed by atoms with Gasteiger partial charge in [0.15, 0.2) is 5.69 Å². The quantitative estimate of drug-likeness (QED) is 0.907. The van der Waals surface area contributed by atoms with Crippen LogP contribution in [0.5, 0.6) is 0 Å². The highest BCUT2D eigenvalue weighted by Gasteiger charge is 2.34. The molecule has 0 bridgehead atoms. The van der Waals surface area contributed by atoms with Crippen molar-refractivity contribution in [3.8, 4) is 0 Å². The number of hydrogen-bond acceptors (Lipinski definition) is 3. The molecule has 1 aromatic heterocycles. The normalized spacial score (nSPS) is 21.1. The molecular formula is C14H23F3N4. The van der Waals surface area contributed by atoms with E-state index in [9.17, 15) is 13.2 Å². The first kappa shape index (κ1) is 16.3. The lowest BCUT2D eigenvalue weighted by Gasteiger charge is -2.33. The van der Waals surface area contributed by atoms with Crippen LogP contribution < -0.4 is 5.32 Å². The van der Waals surface area contributed by atoms with Gasteiger partial charge in [-0.2, -0.15) is 18.3 Å². The molecule has 0 radical (unpaired) electrons. The molecule has 2 heterocycles. The largest absolute Gasteiger partial charge is 0.435 e. The van der Waals surface area contributed by atoms with Gasteiger partial charge in [0.2, 0.25) is 0 Å². The van der Waals surface area contributed by atoms with Gasteiger partial charge >= 0.3 is 6.18 Å². The summed E-state index contributed by atoms with van der Waals surface area (Å²) in [5.74, 6) is 0. The van der Waals surface area contributed by atoms with Gasteiger partial charge in [0, 0.05) is 31.9 Å². The molecule has 7 heteroatoms. The molecule has 0 spiro atoms. The SMILES string of the molecule is CC(C)NCCN1CCCC(n2ccc(C(F)(F)F)n2)C1. The van der Waals surface area contributed by atoms with Crippen LogP contribution in [0.3, 0.4) is 0 Å². The van der Waals surface area contributed by atoms with Crippen molar-refractivity contribution in [2.75, 3.05) is 26.2 Å². The molecule has 1 unspecified atom stereocenters. The lowest BCUT2D eigenvalue weighted by atomic mass is 10.1. The molecule has 21 heavy (non-hydrogen) atoms. The number of piperidine rings is 1. The fourth-order valence-electron chi connectivity index (χ4n) is 2.65. The lowest BCUT2D eigenvalue weighted by Crippen LogP contribution is -2.41. The Morgan fingerprint density at radius 2 is 2.19 bits per heavy atom. The van der Waals surface area contributed by atoms with E-state index in [-0.39, 0.29) is 6.04 Å². The van der Waals surface area contributed by atoms with Crippen molar-refractivity contribution in [3.05, 3.63) is 18.0 Å². The minimum absolute atomic E-state index is 0.0360. The van der Waals surface area contributed by atoms with E-state index in [1.54, 1.807) is 0 Å². The molecule has 0 amide bonds. The summed E-state index contributed by atoms with van der Waals surface area (Å²) < 4.78 is 39.3. The minimum Gasteiger partial charge on any atom is -0.313 e. The van der Waals surface area contributed by atoms with Gasteiger partial charge in [-0.05, 0) is 25.5 Å². The Morgan fingerprint density at radius 1 is 1.43 bits per heavy atom. The summed E-state index contributed by atoms with van der Waals surface area (Å²) in [6, 6.07) is 1.54. The lowest BCUT2D eigenvalue weighted by molar-refractivity contribution is -0.141. The monoisotopic (exact) mass is 304 g/mol. The molecule has 1 saturated heterocycles. The number of rotatable bonds is 5. The molecule has 0 saturated carbocycles. The van der Waals surface area contributed by atoms with E-state index in [0.29, 0.717) is 6.04 Å². The fourth-order valence-corrected chi connectivity index (χ4v) is 2.65. The highest BCUT2D eigenvalue weighted by Crippen LogP contribution is 2.29. The Balaban J connectivity index is 1.90. The van der Waals surface area contributed by atoms with Crippen molar-refractivity contribution in [1.82, 2.24) is 20.0 Å². The summed E-state index contributed by atoms with van der Waals surface area (Å²) in [5.41, 5.74) is -0.805. The number of alkyl halides is 3. The van der Waals surface area contributed by atoms with E-state index in [0.717, 1.165) is 45.1 Å². The zero-order valence-electron chi connectivity index (χ0n) is 12.5. The average molecular weight is 304 g/mol. The second-order valence-corrected chi connectivity index (χ2v) is 5.88. The highest BCUT2D eigenvalue weighted by atomic mass is 19.4. The van der Waals surface area contributed by atoms with Gasteiger partial charge < -0.3 is 5.32 Å². The third-order valence-corrected chi connectivity index (χ3v) is 3.73. The van der Waals surface area contributed by atoms with Crippen LogP contribution in [0.25, 0.3) is 0 Å².